The molecule has 4 fully saturated rings. The highest BCUT2D eigenvalue weighted by molar-refractivity contribution is 7.80. The lowest BCUT2D eigenvalue weighted by Gasteiger charge is -2.42. The maximum atomic E-state index is 14.3. The van der Waals surface area contributed by atoms with Crippen molar-refractivity contribution in [1.29, 1.82) is 5.26 Å². The molecule has 0 radical (unpaired) electrons. The first-order valence-corrected chi connectivity index (χ1v) is 19.9. The van der Waals surface area contributed by atoms with Crippen LogP contribution in [-0.2, 0) is 25.4 Å². The quantitative estimate of drug-likeness (QED) is 0.142. The summed E-state index contributed by atoms with van der Waals surface area (Å²) in [5.41, 5.74) is -2.54. The SMILES string of the molecule is CC1(C)C(=O)N(c2cnc(C#N)c(C(F)(F)F)c2)C(=S)N1C1CCC(CCCN2CCN(CC(=O)Nc3cccc(NC4CCC(=O)NC4=O)c3)[C@@H](C(F)(F)F)C2)CC1.Cl. The van der Waals surface area contributed by atoms with E-state index in [-0.39, 0.29) is 60.6 Å². The molecule has 1 unspecified atom stereocenters. The molecule has 21 heteroatoms. The number of hydrogen-bond acceptors (Lipinski definition) is 10. The number of nitrogens with zero attached hydrogens (tertiary/aromatic N) is 6. The van der Waals surface area contributed by atoms with Crippen LogP contribution in [0.15, 0.2) is 36.5 Å². The van der Waals surface area contributed by atoms with Gasteiger partial charge in [0.2, 0.25) is 17.7 Å². The molecular weight excluding hydrogens is 840 g/mol. The number of carbonyl (C=O) groups excluding carboxylic acids is 4. The molecule has 60 heavy (non-hydrogen) atoms. The maximum absolute atomic E-state index is 14.3. The number of hydrogen-bond donors (Lipinski definition) is 3. The van der Waals surface area contributed by atoms with Crippen molar-refractivity contribution in [1.82, 2.24) is 25.0 Å². The van der Waals surface area contributed by atoms with Crippen molar-refractivity contribution in [3.63, 3.8) is 0 Å². The highest BCUT2D eigenvalue weighted by Crippen LogP contribution is 2.41. The predicted molar refractivity (Wildman–Crippen MR) is 215 cm³/mol. The van der Waals surface area contributed by atoms with E-state index in [4.69, 9.17) is 17.5 Å². The minimum Gasteiger partial charge on any atom is -0.374 e. The number of piperazine rings is 1. The number of thiocarbonyl (C=S) groups is 1. The van der Waals surface area contributed by atoms with Gasteiger partial charge in [-0.1, -0.05) is 6.07 Å². The van der Waals surface area contributed by atoms with Crippen LogP contribution in [0.25, 0.3) is 0 Å². The molecule has 3 aliphatic heterocycles. The molecule has 4 heterocycles. The van der Waals surface area contributed by atoms with Crippen LogP contribution in [0.1, 0.15) is 76.5 Å². The zero-order valence-electron chi connectivity index (χ0n) is 32.9. The Hall–Kier alpha value is -4.58. The summed E-state index contributed by atoms with van der Waals surface area (Å²) in [4.78, 5) is 59.5. The van der Waals surface area contributed by atoms with Crippen LogP contribution >= 0.6 is 24.6 Å². The normalized spacial score (nSPS) is 24.1. The number of anilines is 3. The van der Waals surface area contributed by atoms with Gasteiger partial charge in [0.25, 0.3) is 5.91 Å². The van der Waals surface area contributed by atoms with Crippen LogP contribution in [-0.4, -0.2) is 111 Å². The molecule has 1 aromatic heterocycles. The van der Waals surface area contributed by atoms with Gasteiger partial charge in [-0.05, 0) is 108 Å². The Kier molecular flexibility index (Phi) is 14.4. The number of imide groups is 1. The number of aromatic nitrogens is 1. The van der Waals surface area contributed by atoms with Crippen molar-refractivity contribution in [3.05, 3.63) is 47.8 Å². The summed E-state index contributed by atoms with van der Waals surface area (Å²) in [6.45, 7) is 3.43. The molecule has 13 nitrogen and oxygen atoms in total. The lowest BCUT2D eigenvalue weighted by molar-refractivity contribution is -0.197. The molecule has 326 valence electrons. The second-order valence-electron chi connectivity index (χ2n) is 16.0. The zero-order valence-corrected chi connectivity index (χ0v) is 34.5. The van der Waals surface area contributed by atoms with Gasteiger partial charge in [-0.3, -0.25) is 34.3 Å². The van der Waals surface area contributed by atoms with Gasteiger partial charge in [0.15, 0.2) is 10.8 Å². The molecular formula is C39H46ClF6N9O4S. The van der Waals surface area contributed by atoms with Crippen molar-refractivity contribution in [2.75, 3.05) is 48.3 Å². The molecule has 0 bridgehead atoms. The monoisotopic (exact) mass is 885 g/mol. The Morgan fingerprint density at radius 1 is 1.03 bits per heavy atom. The fourth-order valence-corrected chi connectivity index (χ4v) is 9.08. The van der Waals surface area contributed by atoms with Crippen LogP contribution in [0.3, 0.4) is 0 Å². The highest BCUT2D eigenvalue weighted by atomic mass is 35.5. The van der Waals surface area contributed by atoms with Crippen LogP contribution in [0.4, 0.5) is 43.4 Å². The summed E-state index contributed by atoms with van der Waals surface area (Å²) < 4.78 is 84.0. The van der Waals surface area contributed by atoms with Crippen LogP contribution in [0.2, 0.25) is 0 Å². The fourth-order valence-electron chi connectivity index (χ4n) is 8.51. The van der Waals surface area contributed by atoms with Crippen molar-refractivity contribution >= 4 is 70.4 Å². The molecule has 2 aromatic rings. The third kappa shape index (κ3) is 10.5. The number of carbonyl (C=O) groups is 4. The molecule has 1 aliphatic carbocycles. The van der Waals surface area contributed by atoms with E-state index in [0.717, 1.165) is 35.3 Å². The van der Waals surface area contributed by atoms with Gasteiger partial charge < -0.3 is 20.4 Å². The first-order valence-electron chi connectivity index (χ1n) is 19.4. The first kappa shape index (κ1) is 46.5. The van der Waals surface area contributed by atoms with Gasteiger partial charge in [-0.15, -0.1) is 12.4 Å². The first-order chi connectivity index (χ1) is 27.8. The second kappa shape index (κ2) is 18.6. The summed E-state index contributed by atoms with van der Waals surface area (Å²) in [6.07, 6.45) is -3.61. The molecule has 6 rings (SSSR count). The summed E-state index contributed by atoms with van der Waals surface area (Å²) in [7, 11) is 0. The number of nitrogens with one attached hydrogen (secondary N) is 3. The summed E-state index contributed by atoms with van der Waals surface area (Å²) in [5, 5.41) is 17.1. The molecule has 0 spiro atoms. The standard InChI is InChI=1S/C39H45F6N9O4S.ClH/c1-37(2)35(58)53(27-18-28(38(40,41)42)30(19-46)47-20-27)36(59)54(37)26-10-8-23(9-11-26)5-4-14-51-15-16-52(31(21-51)39(43,44)45)22-33(56)49-25-7-3-6-24(17-25)48-29-12-13-32(55)50-34(29)57;/h3,6-7,17-18,20,23,26,29,31,48H,4-5,8-16,21-22H2,1-2H3,(H,49,56)(H,50,55,57);1H/t23?,26?,29?,31-;/m1./s1. The Bertz CT molecular complexity index is 2010. The van der Waals surface area contributed by atoms with E-state index in [1.54, 1.807) is 47.9 Å². The third-order valence-electron chi connectivity index (χ3n) is 11.6. The van der Waals surface area contributed by atoms with Gasteiger partial charge in [0, 0.05) is 43.5 Å². The number of piperidine rings is 1. The van der Waals surface area contributed by atoms with Gasteiger partial charge >= 0.3 is 12.4 Å². The van der Waals surface area contributed by atoms with Crippen molar-refractivity contribution in [2.45, 2.75) is 101 Å². The number of pyridine rings is 1. The van der Waals surface area contributed by atoms with Crippen LogP contribution in [0, 0.1) is 17.2 Å². The van der Waals surface area contributed by atoms with Crippen LogP contribution < -0.4 is 20.9 Å². The van der Waals surface area contributed by atoms with Gasteiger partial charge in [-0.2, -0.15) is 31.6 Å². The van der Waals surface area contributed by atoms with Crippen molar-refractivity contribution in [3.8, 4) is 6.07 Å². The van der Waals surface area contributed by atoms with E-state index in [1.807, 2.05) is 0 Å². The molecule has 3 saturated heterocycles. The Morgan fingerprint density at radius 2 is 1.73 bits per heavy atom. The van der Waals surface area contributed by atoms with E-state index in [2.05, 4.69) is 20.9 Å². The van der Waals surface area contributed by atoms with E-state index in [0.29, 0.717) is 56.2 Å². The molecule has 4 amide bonds. The number of rotatable bonds is 11. The van der Waals surface area contributed by atoms with Gasteiger partial charge in [0.05, 0.1) is 24.0 Å². The molecule has 4 aliphatic rings. The van der Waals surface area contributed by atoms with Crippen LogP contribution in [0.5, 0.6) is 0 Å². The zero-order chi connectivity index (χ0) is 42.9. The smallest absolute Gasteiger partial charge is 0.374 e. The largest absolute Gasteiger partial charge is 0.419 e. The van der Waals surface area contributed by atoms with Gasteiger partial charge in [-0.25, -0.2) is 4.98 Å². The molecule has 1 saturated carbocycles. The lowest BCUT2D eigenvalue weighted by atomic mass is 9.82. The van der Waals surface area contributed by atoms with Crippen molar-refractivity contribution in [2.24, 2.45) is 5.92 Å². The minimum absolute atomic E-state index is 0. The predicted octanol–water partition coefficient (Wildman–Crippen LogP) is 5.85. The Balaban J connectivity index is 0.00000683. The van der Waals surface area contributed by atoms with E-state index >= 15 is 0 Å². The highest BCUT2D eigenvalue weighted by Gasteiger charge is 2.53. The fraction of sp³-hybridized carbons (Fsp3) is 0.564. The summed E-state index contributed by atoms with van der Waals surface area (Å²) in [5.74, 6) is -1.65. The van der Waals surface area contributed by atoms with Gasteiger partial charge in [0.1, 0.15) is 23.7 Å². The molecule has 2 atom stereocenters. The Morgan fingerprint density at radius 3 is 2.38 bits per heavy atom. The average molecular weight is 886 g/mol. The lowest BCUT2D eigenvalue weighted by Crippen LogP contribution is -2.60. The van der Waals surface area contributed by atoms with E-state index < -0.39 is 65.5 Å². The number of nitriles is 1. The third-order valence-corrected chi connectivity index (χ3v) is 11.9. The van der Waals surface area contributed by atoms with Crippen molar-refractivity contribution < 1.29 is 45.5 Å². The number of benzene rings is 1. The number of amides is 4. The maximum Gasteiger partial charge on any atom is 0.419 e. The molecule has 1 aromatic carbocycles. The van der Waals surface area contributed by atoms with E-state index in [1.165, 1.54) is 6.07 Å². The number of halogens is 7. The second-order valence-corrected chi connectivity index (χ2v) is 16.3. The topological polar surface area (TPSA) is 154 Å². The average Bonchev–Trinajstić information content (AvgIpc) is 3.34. The minimum atomic E-state index is -4.86. The number of alkyl halides is 6. The summed E-state index contributed by atoms with van der Waals surface area (Å²) in [6, 6.07) is 5.97. The molecule has 3 N–H and O–H groups in total. The van der Waals surface area contributed by atoms with E-state index in [9.17, 15) is 45.5 Å². The Labute approximate surface area is 354 Å². The summed E-state index contributed by atoms with van der Waals surface area (Å²) >= 11 is 5.68.